The fraction of sp³-hybridized carbons (Fsp3) is 0.600. The molecule has 1 heterocycles. The Kier molecular flexibility index (Phi) is 3.93. The van der Waals surface area contributed by atoms with Gasteiger partial charge in [-0.05, 0) is 31.9 Å². The Balaban J connectivity index is 2.82. The van der Waals surface area contributed by atoms with Crippen molar-refractivity contribution in [2.45, 2.75) is 32.8 Å². The van der Waals surface area contributed by atoms with Gasteiger partial charge >= 0.3 is 0 Å². The highest BCUT2D eigenvalue weighted by atomic mass is 35.5. The van der Waals surface area contributed by atoms with E-state index in [4.69, 9.17) is 17.3 Å². The average Bonchev–Trinajstić information content (AvgIpc) is 2.21. The van der Waals surface area contributed by atoms with E-state index in [2.05, 4.69) is 15.3 Å². The third-order valence-electron chi connectivity index (χ3n) is 2.51. The first-order valence-corrected chi connectivity index (χ1v) is 5.49. The Morgan fingerprint density at radius 1 is 1.50 bits per heavy atom. The predicted molar refractivity (Wildman–Crippen MR) is 65.6 cm³/mol. The summed E-state index contributed by atoms with van der Waals surface area (Å²) in [6.07, 6.45) is 0.637. The second-order valence-electron chi connectivity index (χ2n) is 4.04. The van der Waals surface area contributed by atoms with Crippen molar-refractivity contribution in [3.63, 3.8) is 0 Å². The van der Waals surface area contributed by atoms with Gasteiger partial charge in [-0.15, -0.1) is 0 Å². The number of aliphatic hydroxyl groups is 1. The van der Waals surface area contributed by atoms with Crippen LogP contribution in [0.4, 0.5) is 11.5 Å². The number of nitrogens with zero attached hydrogens (tertiary/aromatic N) is 2. The minimum atomic E-state index is -0.794. The molecule has 0 aliphatic rings. The summed E-state index contributed by atoms with van der Waals surface area (Å²) in [5, 5.41) is 13.0. The topological polar surface area (TPSA) is 84.1 Å². The molecular weight excluding hydrogens is 228 g/mol. The van der Waals surface area contributed by atoms with Crippen LogP contribution in [0.25, 0.3) is 0 Å². The normalized spacial score (nSPS) is 14.6. The SMILES string of the molecule is CCC(C)(O)CNc1nc(Cl)nc(C)c1N. The molecule has 90 valence electrons. The van der Waals surface area contributed by atoms with Crippen molar-refractivity contribution in [1.29, 1.82) is 0 Å². The highest BCUT2D eigenvalue weighted by Gasteiger charge is 2.18. The van der Waals surface area contributed by atoms with Crippen LogP contribution in [0.15, 0.2) is 0 Å². The zero-order valence-corrected chi connectivity index (χ0v) is 10.5. The third kappa shape index (κ3) is 3.21. The molecule has 0 aromatic carbocycles. The molecule has 0 aliphatic carbocycles. The smallest absolute Gasteiger partial charge is 0.224 e. The lowest BCUT2D eigenvalue weighted by atomic mass is 10.0. The van der Waals surface area contributed by atoms with Crippen LogP contribution in [-0.4, -0.2) is 27.2 Å². The number of hydrogen-bond donors (Lipinski definition) is 3. The van der Waals surface area contributed by atoms with Gasteiger partial charge in [-0.2, -0.15) is 4.98 Å². The number of aromatic nitrogens is 2. The summed E-state index contributed by atoms with van der Waals surface area (Å²) in [5.41, 5.74) is 6.08. The van der Waals surface area contributed by atoms with Crippen molar-refractivity contribution in [1.82, 2.24) is 9.97 Å². The standard InChI is InChI=1S/C10H17ClN4O/c1-4-10(3,16)5-13-8-7(12)6(2)14-9(11)15-8/h16H,4-5,12H2,1-3H3,(H,13,14,15). The van der Waals surface area contributed by atoms with Gasteiger partial charge in [0.1, 0.15) is 0 Å². The molecule has 0 aliphatic heterocycles. The van der Waals surface area contributed by atoms with E-state index < -0.39 is 5.60 Å². The molecule has 1 unspecified atom stereocenters. The molecule has 1 aromatic heterocycles. The summed E-state index contributed by atoms with van der Waals surface area (Å²) in [6, 6.07) is 0. The number of nitrogen functional groups attached to an aromatic ring is 1. The van der Waals surface area contributed by atoms with Crippen molar-refractivity contribution in [3.05, 3.63) is 11.0 Å². The molecule has 6 heteroatoms. The number of rotatable bonds is 4. The lowest BCUT2D eigenvalue weighted by Gasteiger charge is -2.22. The average molecular weight is 245 g/mol. The molecule has 0 amide bonds. The van der Waals surface area contributed by atoms with Crippen molar-refractivity contribution in [3.8, 4) is 0 Å². The van der Waals surface area contributed by atoms with E-state index in [1.54, 1.807) is 13.8 Å². The maximum Gasteiger partial charge on any atom is 0.224 e. The van der Waals surface area contributed by atoms with Gasteiger partial charge in [0.15, 0.2) is 5.82 Å². The van der Waals surface area contributed by atoms with Gasteiger partial charge in [0.2, 0.25) is 5.28 Å². The van der Waals surface area contributed by atoms with Crippen molar-refractivity contribution in [2.24, 2.45) is 0 Å². The summed E-state index contributed by atoms with van der Waals surface area (Å²) < 4.78 is 0. The Hall–Kier alpha value is -1.07. The van der Waals surface area contributed by atoms with Gasteiger partial charge in [0, 0.05) is 6.54 Å². The zero-order chi connectivity index (χ0) is 12.3. The molecular formula is C10H17ClN4O. The number of halogens is 1. The van der Waals surface area contributed by atoms with E-state index in [1.807, 2.05) is 6.92 Å². The van der Waals surface area contributed by atoms with Crippen molar-refractivity contribution >= 4 is 23.1 Å². The summed E-state index contributed by atoms with van der Waals surface area (Å²) in [6.45, 7) is 5.77. The molecule has 0 spiro atoms. The van der Waals surface area contributed by atoms with Crippen LogP contribution in [0.5, 0.6) is 0 Å². The molecule has 1 atom stereocenters. The predicted octanol–water partition coefficient (Wildman–Crippen LogP) is 1.59. The number of nitrogens with two attached hydrogens (primary N) is 1. The van der Waals surface area contributed by atoms with E-state index in [1.165, 1.54) is 0 Å². The van der Waals surface area contributed by atoms with Crippen LogP contribution < -0.4 is 11.1 Å². The Labute approximate surface area is 100 Å². The molecule has 0 saturated carbocycles. The van der Waals surface area contributed by atoms with Crippen LogP contribution in [0, 0.1) is 6.92 Å². The zero-order valence-electron chi connectivity index (χ0n) is 9.71. The van der Waals surface area contributed by atoms with E-state index in [9.17, 15) is 5.11 Å². The first-order valence-electron chi connectivity index (χ1n) is 5.11. The molecule has 0 saturated heterocycles. The fourth-order valence-corrected chi connectivity index (χ4v) is 1.29. The van der Waals surface area contributed by atoms with Crippen LogP contribution in [0.3, 0.4) is 0 Å². The van der Waals surface area contributed by atoms with Crippen LogP contribution >= 0.6 is 11.6 Å². The second kappa shape index (κ2) is 4.84. The second-order valence-corrected chi connectivity index (χ2v) is 4.38. The minimum Gasteiger partial charge on any atom is -0.394 e. The highest BCUT2D eigenvalue weighted by Crippen LogP contribution is 2.21. The van der Waals surface area contributed by atoms with Crippen LogP contribution in [-0.2, 0) is 0 Å². The molecule has 1 aromatic rings. The minimum absolute atomic E-state index is 0.144. The Morgan fingerprint density at radius 2 is 2.12 bits per heavy atom. The number of hydrogen-bond acceptors (Lipinski definition) is 5. The quantitative estimate of drug-likeness (QED) is 0.701. The first kappa shape index (κ1) is 13.0. The largest absolute Gasteiger partial charge is 0.394 e. The maximum absolute atomic E-state index is 9.83. The van der Waals surface area contributed by atoms with Gasteiger partial charge in [-0.3, -0.25) is 0 Å². The molecule has 0 radical (unpaired) electrons. The van der Waals surface area contributed by atoms with Gasteiger partial charge < -0.3 is 16.2 Å². The van der Waals surface area contributed by atoms with Crippen LogP contribution in [0.2, 0.25) is 5.28 Å². The summed E-state index contributed by atoms with van der Waals surface area (Å²) in [7, 11) is 0. The Morgan fingerprint density at radius 3 is 2.69 bits per heavy atom. The highest BCUT2D eigenvalue weighted by molar-refractivity contribution is 6.28. The van der Waals surface area contributed by atoms with E-state index in [-0.39, 0.29) is 5.28 Å². The lowest BCUT2D eigenvalue weighted by Crippen LogP contribution is -2.33. The molecule has 0 bridgehead atoms. The lowest BCUT2D eigenvalue weighted by molar-refractivity contribution is 0.0697. The van der Waals surface area contributed by atoms with Gasteiger partial charge in [-0.1, -0.05) is 6.92 Å². The first-order chi connectivity index (χ1) is 7.35. The van der Waals surface area contributed by atoms with E-state index in [0.717, 1.165) is 0 Å². The fourth-order valence-electron chi connectivity index (χ4n) is 1.08. The molecule has 4 N–H and O–H groups in total. The molecule has 1 rings (SSSR count). The third-order valence-corrected chi connectivity index (χ3v) is 2.68. The number of nitrogens with one attached hydrogen (secondary N) is 1. The van der Waals surface area contributed by atoms with Crippen molar-refractivity contribution < 1.29 is 5.11 Å². The summed E-state index contributed by atoms with van der Waals surface area (Å²) in [5.74, 6) is 0.464. The number of aryl methyl sites for hydroxylation is 1. The summed E-state index contributed by atoms with van der Waals surface area (Å²) >= 11 is 5.73. The van der Waals surface area contributed by atoms with Gasteiger partial charge in [-0.25, -0.2) is 4.98 Å². The summed E-state index contributed by atoms with van der Waals surface area (Å²) in [4.78, 5) is 7.90. The van der Waals surface area contributed by atoms with E-state index in [0.29, 0.717) is 30.2 Å². The van der Waals surface area contributed by atoms with E-state index >= 15 is 0 Å². The van der Waals surface area contributed by atoms with Gasteiger partial charge in [0.25, 0.3) is 0 Å². The molecule has 5 nitrogen and oxygen atoms in total. The molecule has 0 fully saturated rings. The monoisotopic (exact) mass is 244 g/mol. The number of anilines is 2. The Bertz CT molecular complexity index is 381. The maximum atomic E-state index is 9.83. The van der Waals surface area contributed by atoms with Crippen molar-refractivity contribution in [2.75, 3.05) is 17.6 Å². The van der Waals surface area contributed by atoms with Gasteiger partial charge in [0.05, 0.1) is 17.0 Å². The molecule has 16 heavy (non-hydrogen) atoms. The van der Waals surface area contributed by atoms with Crippen LogP contribution in [0.1, 0.15) is 26.0 Å².